The molecular formula is C29H27NO2S. The molecule has 0 saturated heterocycles. The highest BCUT2D eigenvalue weighted by molar-refractivity contribution is 8.00. The highest BCUT2D eigenvalue weighted by Gasteiger charge is 2.38. The Labute approximate surface area is 199 Å². The van der Waals surface area contributed by atoms with Gasteiger partial charge in [-0.15, -0.1) is 11.8 Å². The summed E-state index contributed by atoms with van der Waals surface area (Å²) in [6.07, 6.45) is 0. The van der Waals surface area contributed by atoms with Crippen LogP contribution in [-0.4, -0.2) is 22.9 Å². The normalized spacial score (nSPS) is 12.2. The largest absolute Gasteiger partial charge is 0.480 e. The molecule has 3 nitrogen and oxygen atoms in total. The quantitative estimate of drug-likeness (QED) is 0.291. The summed E-state index contributed by atoms with van der Waals surface area (Å²) in [4.78, 5) is 12.2. The van der Waals surface area contributed by atoms with Gasteiger partial charge in [-0.25, -0.2) is 0 Å². The van der Waals surface area contributed by atoms with Crippen LogP contribution in [-0.2, 0) is 16.1 Å². The fraction of sp³-hybridized carbons (Fsp3) is 0.138. The van der Waals surface area contributed by atoms with E-state index in [-0.39, 0.29) is 0 Å². The average molecular weight is 454 g/mol. The molecule has 0 spiro atoms. The zero-order valence-electron chi connectivity index (χ0n) is 18.3. The van der Waals surface area contributed by atoms with Crippen molar-refractivity contribution in [2.75, 3.05) is 5.75 Å². The van der Waals surface area contributed by atoms with Crippen LogP contribution >= 0.6 is 11.8 Å². The predicted octanol–water partition coefficient (Wildman–Crippen LogP) is 5.95. The molecule has 166 valence electrons. The Kier molecular flexibility index (Phi) is 7.61. The van der Waals surface area contributed by atoms with Gasteiger partial charge in [0.15, 0.2) is 0 Å². The van der Waals surface area contributed by atoms with Crippen molar-refractivity contribution in [3.05, 3.63) is 144 Å². The monoisotopic (exact) mass is 453 g/mol. The molecule has 1 atom stereocenters. The van der Waals surface area contributed by atoms with Gasteiger partial charge in [-0.05, 0) is 22.3 Å². The summed E-state index contributed by atoms with van der Waals surface area (Å²) in [5.74, 6) is -0.442. The minimum atomic E-state index is -0.846. The predicted molar refractivity (Wildman–Crippen MR) is 136 cm³/mol. The molecule has 4 aromatic rings. The number of benzene rings is 4. The Morgan fingerprint density at radius 2 is 1.09 bits per heavy atom. The van der Waals surface area contributed by atoms with Crippen molar-refractivity contribution in [1.29, 1.82) is 0 Å². The van der Waals surface area contributed by atoms with Crippen molar-refractivity contribution in [3.8, 4) is 0 Å². The van der Waals surface area contributed by atoms with Crippen LogP contribution < -0.4 is 5.32 Å². The Balaban J connectivity index is 1.71. The van der Waals surface area contributed by atoms with Crippen LogP contribution in [0.25, 0.3) is 0 Å². The van der Waals surface area contributed by atoms with Gasteiger partial charge in [0.1, 0.15) is 6.04 Å². The maximum atomic E-state index is 12.2. The van der Waals surface area contributed by atoms with Gasteiger partial charge in [-0.1, -0.05) is 121 Å². The minimum absolute atomic E-state index is 0.404. The summed E-state index contributed by atoms with van der Waals surface area (Å²) < 4.78 is -0.536. The lowest BCUT2D eigenvalue weighted by Crippen LogP contribution is -2.40. The van der Waals surface area contributed by atoms with Gasteiger partial charge >= 0.3 is 5.97 Å². The van der Waals surface area contributed by atoms with Crippen LogP contribution in [0, 0.1) is 0 Å². The first-order valence-corrected chi connectivity index (χ1v) is 12.0. The van der Waals surface area contributed by atoms with Crippen molar-refractivity contribution >= 4 is 17.7 Å². The second kappa shape index (κ2) is 11.0. The number of hydrogen-bond acceptors (Lipinski definition) is 3. The zero-order valence-corrected chi connectivity index (χ0v) is 19.1. The number of carbonyl (C=O) groups is 1. The molecule has 0 aliphatic carbocycles. The summed E-state index contributed by atoms with van der Waals surface area (Å²) >= 11 is 1.66. The van der Waals surface area contributed by atoms with Crippen molar-refractivity contribution in [3.63, 3.8) is 0 Å². The lowest BCUT2D eigenvalue weighted by Gasteiger charge is -2.36. The molecule has 0 heterocycles. The van der Waals surface area contributed by atoms with Gasteiger partial charge in [0.25, 0.3) is 0 Å². The third-order valence-corrected chi connectivity index (χ3v) is 7.34. The van der Waals surface area contributed by atoms with Crippen molar-refractivity contribution in [1.82, 2.24) is 5.32 Å². The zero-order chi connectivity index (χ0) is 22.9. The number of carboxylic acids is 1. The van der Waals surface area contributed by atoms with E-state index in [9.17, 15) is 9.90 Å². The highest BCUT2D eigenvalue weighted by atomic mass is 32.2. The van der Waals surface area contributed by atoms with E-state index in [4.69, 9.17) is 0 Å². The van der Waals surface area contributed by atoms with E-state index in [0.29, 0.717) is 12.3 Å². The molecule has 0 amide bonds. The molecular weight excluding hydrogens is 426 g/mol. The van der Waals surface area contributed by atoms with Crippen LogP contribution in [0.2, 0.25) is 0 Å². The van der Waals surface area contributed by atoms with Crippen LogP contribution in [0.15, 0.2) is 121 Å². The van der Waals surface area contributed by atoms with Crippen molar-refractivity contribution < 1.29 is 9.90 Å². The smallest absolute Gasteiger partial charge is 0.321 e. The number of carboxylic acid groups (broad SMARTS) is 1. The first-order valence-electron chi connectivity index (χ1n) is 11.0. The molecule has 4 aromatic carbocycles. The number of nitrogens with one attached hydrogen (secondary N) is 1. The molecule has 0 aliphatic rings. The summed E-state index contributed by atoms with van der Waals surface area (Å²) in [5, 5.41) is 13.2. The first-order chi connectivity index (χ1) is 16.2. The fourth-order valence-electron chi connectivity index (χ4n) is 4.03. The van der Waals surface area contributed by atoms with E-state index in [1.165, 1.54) is 0 Å². The summed E-state index contributed by atoms with van der Waals surface area (Å²) in [6, 6.07) is 40.2. The van der Waals surface area contributed by atoms with Gasteiger partial charge in [0.05, 0.1) is 4.75 Å². The van der Waals surface area contributed by atoms with Crippen molar-refractivity contribution in [2.45, 2.75) is 17.3 Å². The summed E-state index contributed by atoms with van der Waals surface area (Å²) in [7, 11) is 0. The maximum absolute atomic E-state index is 12.2. The van der Waals surface area contributed by atoms with E-state index < -0.39 is 16.8 Å². The SMILES string of the molecule is O=C(O)[C@H](CSC(c1ccccc1)(c1ccccc1)c1ccccc1)NCc1ccccc1. The van der Waals surface area contributed by atoms with E-state index in [1.807, 2.05) is 84.9 Å². The molecule has 2 N–H and O–H groups in total. The van der Waals surface area contributed by atoms with Gasteiger partial charge in [-0.2, -0.15) is 0 Å². The lowest BCUT2D eigenvalue weighted by atomic mass is 9.84. The maximum Gasteiger partial charge on any atom is 0.321 e. The highest BCUT2D eigenvalue weighted by Crippen LogP contribution is 2.48. The second-order valence-corrected chi connectivity index (χ2v) is 9.08. The number of aliphatic carboxylic acids is 1. The molecule has 0 saturated carbocycles. The molecule has 0 unspecified atom stereocenters. The third kappa shape index (κ3) is 5.36. The Morgan fingerprint density at radius 3 is 1.48 bits per heavy atom. The molecule has 0 aliphatic heterocycles. The van der Waals surface area contributed by atoms with Gasteiger partial charge in [0.2, 0.25) is 0 Å². The van der Waals surface area contributed by atoms with Crippen LogP contribution in [0.4, 0.5) is 0 Å². The Bertz CT molecular complexity index is 1040. The Hall–Kier alpha value is -3.34. The number of hydrogen-bond donors (Lipinski definition) is 2. The van der Waals surface area contributed by atoms with Gasteiger partial charge < -0.3 is 5.11 Å². The topological polar surface area (TPSA) is 49.3 Å². The van der Waals surface area contributed by atoms with Crippen molar-refractivity contribution in [2.24, 2.45) is 0 Å². The van der Waals surface area contributed by atoms with Crippen LogP contribution in [0.3, 0.4) is 0 Å². The van der Waals surface area contributed by atoms with Gasteiger partial charge in [0, 0.05) is 12.3 Å². The van der Waals surface area contributed by atoms with Crippen LogP contribution in [0.5, 0.6) is 0 Å². The summed E-state index contributed by atoms with van der Waals surface area (Å²) in [6.45, 7) is 0.507. The molecule has 0 fully saturated rings. The fourth-order valence-corrected chi connectivity index (χ4v) is 5.62. The van der Waals surface area contributed by atoms with Crippen LogP contribution in [0.1, 0.15) is 22.3 Å². The third-order valence-electron chi connectivity index (χ3n) is 5.70. The number of thioether (sulfide) groups is 1. The second-order valence-electron chi connectivity index (χ2n) is 7.85. The molecule has 0 aromatic heterocycles. The summed E-state index contributed by atoms with van der Waals surface area (Å²) in [5.41, 5.74) is 4.44. The minimum Gasteiger partial charge on any atom is -0.480 e. The van der Waals surface area contributed by atoms with E-state index in [2.05, 4.69) is 41.7 Å². The first kappa shape index (κ1) is 22.8. The van der Waals surface area contributed by atoms with E-state index in [0.717, 1.165) is 22.3 Å². The molecule has 4 rings (SSSR count). The average Bonchev–Trinajstić information content (AvgIpc) is 2.88. The van der Waals surface area contributed by atoms with E-state index >= 15 is 0 Å². The number of rotatable bonds is 10. The molecule has 33 heavy (non-hydrogen) atoms. The molecule has 0 bridgehead atoms. The Morgan fingerprint density at radius 1 is 0.697 bits per heavy atom. The standard InChI is InChI=1S/C29H27NO2S/c31-28(32)27(30-21-23-13-5-1-6-14-23)22-33-29(24-15-7-2-8-16-24,25-17-9-3-10-18-25)26-19-11-4-12-20-26/h1-20,27,30H,21-22H2,(H,31,32)/t27-/m0/s1. The molecule has 0 radical (unpaired) electrons. The molecule has 4 heteroatoms. The van der Waals surface area contributed by atoms with Gasteiger partial charge in [-0.3, -0.25) is 10.1 Å². The lowest BCUT2D eigenvalue weighted by molar-refractivity contribution is -0.138. The van der Waals surface area contributed by atoms with E-state index in [1.54, 1.807) is 11.8 Å².